The number of aromatic nitrogens is 1. The molecule has 0 bridgehead atoms. The zero-order valence-electron chi connectivity index (χ0n) is 11.7. The molecule has 0 radical (unpaired) electrons. The summed E-state index contributed by atoms with van der Waals surface area (Å²) in [5, 5.41) is 17.4. The Bertz CT molecular complexity index is 705. The maximum Gasteiger partial charge on any atom is 0.271 e. The van der Waals surface area contributed by atoms with Gasteiger partial charge in [0.1, 0.15) is 5.01 Å². The van der Waals surface area contributed by atoms with Crippen LogP contribution in [0.4, 0.5) is 11.4 Å². The summed E-state index contributed by atoms with van der Waals surface area (Å²) >= 11 is 1.54. The monoisotopic (exact) mass is 318 g/mol. The summed E-state index contributed by atoms with van der Waals surface area (Å²) in [5.74, 6) is -0.223. The number of carbonyl (C=O) groups is 1. The van der Waals surface area contributed by atoms with Crippen LogP contribution in [0.2, 0.25) is 0 Å². The van der Waals surface area contributed by atoms with Crippen LogP contribution in [-0.2, 0) is 24.2 Å². The largest absolute Gasteiger partial charge is 0.325 e. The molecule has 1 aromatic carbocycles. The number of nitro benzene ring substituents is 1. The second kappa shape index (κ2) is 6.20. The summed E-state index contributed by atoms with van der Waals surface area (Å²) < 4.78 is 0. The number of anilines is 1. The predicted molar refractivity (Wildman–Crippen MR) is 83.0 cm³/mol. The number of nitrogens with one attached hydrogen (secondary N) is 2. The number of thiazole rings is 1. The first kappa shape index (κ1) is 14.6. The van der Waals surface area contributed by atoms with Crippen LogP contribution in [0, 0.1) is 10.1 Å². The van der Waals surface area contributed by atoms with Crippen molar-refractivity contribution in [3.63, 3.8) is 0 Å². The fraction of sp³-hybridized carbons (Fsp3) is 0.286. The van der Waals surface area contributed by atoms with Gasteiger partial charge in [-0.2, -0.15) is 0 Å². The molecule has 1 aliphatic rings. The van der Waals surface area contributed by atoms with Crippen molar-refractivity contribution in [1.29, 1.82) is 0 Å². The molecule has 114 valence electrons. The molecule has 7 nitrogen and oxygen atoms in total. The van der Waals surface area contributed by atoms with E-state index in [-0.39, 0.29) is 18.0 Å². The lowest BCUT2D eigenvalue weighted by Gasteiger charge is -2.09. The molecule has 1 aliphatic heterocycles. The molecule has 0 saturated heterocycles. The Hall–Kier alpha value is -2.32. The van der Waals surface area contributed by atoms with Gasteiger partial charge in [0, 0.05) is 42.2 Å². The second-order valence-corrected chi connectivity index (χ2v) is 6.10. The Labute approximate surface area is 130 Å². The van der Waals surface area contributed by atoms with Gasteiger partial charge in [-0.25, -0.2) is 4.98 Å². The third kappa shape index (κ3) is 3.29. The van der Waals surface area contributed by atoms with E-state index in [1.165, 1.54) is 28.3 Å². The van der Waals surface area contributed by atoms with Crippen LogP contribution < -0.4 is 10.6 Å². The molecule has 0 saturated carbocycles. The Morgan fingerprint density at radius 3 is 3.14 bits per heavy atom. The zero-order valence-corrected chi connectivity index (χ0v) is 12.5. The quantitative estimate of drug-likeness (QED) is 0.662. The summed E-state index contributed by atoms with van der Waals surface area (Å²) in [7, 11) is 0. The Kier molecular flexibility index (Phi) is 4.12. The van der Waals surface area contributed by atoms with Gasteiger partial charge in [-0.3, -0.25) is 14.9 Å². The molecule has 8 heteroatoms. The lowest BCUT2D eigenvalue weighted by molar-refractivity contribution is -0.384. The summed E-state index contributed by atoms with van der Waals surface area (Å²) in [6.45, 7) is 1.72. The molecule has 3 rings (SSSR count). The van der Waals surface area contributed by atoms with Crippen molar-refractivity contribution in [3.8, 4) is 0 Å². The van der Waals surface area contributed by atoms with Crippen LogP contribution >= 0.6 is 11.3 Å². The van der Waals surface area contributed by atoms with E-state index in [4.69, 9.17) is 0 Å². The summed E-state index contributed by atoms with van der Waals surface area (Å²) in [5.41, 5.74) is 1.44. The molecule has 1 aromatic heterocycles. The normalized spacial score (nSPS) is 13.5. The van der Waals surface area contributed by atoms with Crippen LogP contribution in [0.3, 0.4) is 0 Å². The lowest BCUT2D eigenvalue weighted by atomic mass is 10.2. The van der Waals surface area contributed by atoms with Crippen molar-refractivity contribution in [3.05, 3.63) is 50.0 Å². The van der Waals surface area contributed by atoms with E-state index in [9.17, 15) is 14.9 Å². The van der Waals surface area contributed by atoms with Gasteiger partial charge in [0.2, 0.25) is 5.91 Å². The van der Waals surface area contributed by atoms with Gasteiger partial charge >= 0.3 is 0 Å². The molecule has 0 fully saturated rings. The maximum absolute atomic E-state index is 12.0. The van der Waals surface area contributed by atoms with Crippen molar-refractivity contribution >= 4 is 28.6 Å². The summed E-state index contributed by atoms with van der Waals surface area (Å²) in [6.07, 6.45) is 1.07. The number of nitrogens with zero attached hydrogens (tertiary/aromatic N) is 2. The number of fused-ring (bicyclic) bond motifs is 1. The van der Waals surface area contributed by atoms with Crippen LogP contribution in [0.5, 0.6) is 0 Å². The number of hydrogen-bond acceptors (Lipinski definition) is 6. The number of nitro groups is 1. The Morgan fingerprint density at radius 1 is 1.50 bits per heavy atom. The van der Waals surface area contributed by atoms with Gasteiger partial charge in [-0.1, -0.05) is 6.07 Å². The van der Waals surface area contributed by atoms with Crippen molar-refractivity contribution in [2.24, 2.45) is 0 Å². The number of hydrogen-bond donors (Lipinski definition) is 2. The highest BCUT2D eigenvalue weighted by Crippen LogP contribution is 2.22. The smallest absolute Gasteiger partial charge is 0.271 e. The van der Waals surface area contributed by atoms with Crippen molar-refractivity contribution < 1.29 is 9.72 Å². The minimum Gasteiger partial charge on any atom is -0.325 e. The first-order valence-electron chi connectivity index (χ1n) is 6.84. The minimum absolute atomic E-state index is 0.0476. The van der Waals surface area contributed by atoms with Gasteiger partial charge in [-0.05, 0) is 6.07 Å². The van der Waals surface area contributed by atoms with E-state index in [2.05, 4.69) is 15.6 Å². The highest BCUT2D eigenvalue weighted by molar-refractivity contribution is 7.11. The fourth-order valence-electron chi connectivity index (χ4n) is 2.29. The molecular weight excluding hydrogens is 304 g/mol. The highest BCUT2D eigenvalue weighted by atomic mass is 32.1. The molecule has 0 spiro atoms. The van der Waals surface area contributed by atoms with Crippen LogP contribution in [0.15, 0.2) is 24.3 Å². The minimum atomic E-state index is -0.489. The van der Waals surface area contributed by atoms with E-state index in [0.717, 1.165) is 30.2 Å². The average molecular weight is 318 g/mol. The van der Waals surface area contributed by atoms with Crippen LogP contribution in [0.25, 0.3) is 0 Å². The fourth-order valence-corrected chi connectivity index (χ4v) is 3.38. The molecule has 2 heterocycles. The number of amides is 1. The van der Waals surface area contributed by atoms with E-state index in [1.807, 2.05) is 0 Å². The summed E-state index contributed by atoms with van der Waals surface area (Å²) in [6, 6.07) is 5.90. The predicted octanol–water partition coefficient (Wildman–Crippen LogP) is 1.88. The number of non-ortho nitro benzene ring substituents is 1. The van der Waals surface area contributed by atoms with Gasteiger partial charge in [0.25, 0.3) is 5.69 Å². The molecule has 0 aliphatic carbocycles. The highest BCUT2D eigenvalue weighted by Gasteiger charge is 2.16. The topological polar surface area (TPSA) is 97.2 Å². The molecule has 1 amide bonds. The van der Waals surface area contributed by atoms with Crippen LogP contribution in [-0.4, -0.2) is 22.4 Å². The van der Waals surface area contributed by atoms with Gasteiger partial charge in [0.05, 0.1) is 17.0 Å². The number of benzene rings is 1. The third-order valence-corrected chi connectivity index (χ3v) is 4.40. The Morgan fingerprint density at radius 2 is 2.36 bits per heavy atom. The van der Waals surface area contributed by atoms with Gasteiger partial charge < -0.3 is 10.6 Å². The SMILES string of the molecule is O=C(Cc1nc2c(s1)CNCC2)Nc1cccc([N+](=O)[O-])c1. The van der Waals surface area contributed by atoms with E-state index in [1.54, 1.807) is 12.1 Å². The summed E-state index contributed by atoms with van der Waals surface area (Å²) in [4.78, 5) is 28.0. The van der Waals surface area contributed by atoms with Crippen molar-refractivity contribution in [2.45, 2.75) is 19.4 Å². The third-order valence-electron chi connectivity index (χ3n) is 3.30. The Balaban J connectivity index is 1.66. The van der Waals surface area contributed by atoms with Gasteiger partial charge in [0.15, 0.2) is 0 Å². The van der Waals surface area contributed by atoms with E-state index < -0.39 is 4.92 Å². The number of carbonyl (C=O) groups excluding carboxylic acids is 1. The van der Waals surface area contributed by atoms with E-state index >= 15 is 0 Å². The van der Waals surface area contributed by atoms with Crippen molar-refractivity contribution in [2.75, 3.05) is 11.9 Å². The molecular formula is C14H14N4O3S. The molecule has 0 atom stereocenters. The molecule has 0 unspecified atom stereocenters. The van der Waals surface area contributed by atoms with Crippen LogP contribution in [0.1, 0.15) is 15.6 Å². The first-order chi connectivity index (χ1) is 10.6. The average Bonchev–Trinajstić information content (AvgIpc) is 2.89. The van der Waals surface area contributed by atoms with Crippen molar-refractivity contribution in [1.82, 2.24) is 10.3 Å². The zero-order chi connectivity index (χ0) is 15.5. The maximum atomic E-state index is 12.0. The molecule has 22 heavy (non-hydrogen) atoms. The standard InChI is InChI=1S/C14H14N4O3S/c19-13(16-9-2-1-3-10(6-9)18(20)21)7-14-17-11-4-5-15-8-12(11)22-14/h1-3,6,15H,4-5,7-8H2,(H,16,19). The first-order valence-corrected chi connectivity index (χ1v) is 7.66. The number of rotatable bonds is 4. The molecule has 2 aromatic rings. The van der Waals surface area contributed by atoms with Gasteiger partial charge in [-0.15, -0.1) is 11.3 Å². The second-order valence-electron chi connectivity index (χ2n) is 4.94. The molecule has 2 N–H and O–H groups in total. The lowest BCUT2D eigenvalue weighted by Crippen LogP contribution is -2.22. The van der Waals surface area contributed by atoms with E-state index in [0.29, 0.717) is 5.69 Å².